The average Bonchev–Trinajstić information content (AvgIpc) is 2.96. The van der Waals surface area contributed by atoms with Crippen molar-refractivity contribution in [3.05, 3.63) is 22.4 Å². The SMILES string of the molecule is CCNC(=NCc1ccsc1)NCCS(=O)(=O)NCC1CCC1. The number of nitrogens with zero attached hydrogens (tertiary/aromatic N) is 1. The lowest BCUT2D eigenvalue weighted by molar-refractivity contribution is 0.316. The minimum Gasteiger partial charge on any atom is -0.357 e. The molecule has 2 rings (SSSR count). The summed E-state index contributed by atoms with van der Waals surface area (Å²) in [6.45, 7) is 4.23. The zero-order valence-corrected chi connectivity index (χ0v) is 15.2. The predicted molar refractivity (Wildman–Crippen MR) is 96.3 cm³/mol. The van der Waals surface area contributed by atoms with Crippen molar-refractivity contribution in [3.8, 4) is 0 Å². The van der Waals surface area contributed by atoms with Crippen molar-refractivity contribution in [2.24, 2.45) is 10.9 Å². The first-order valence-corrected chi connectivity index (χ1v) is 10.7. The molecule has 1 heterocycles. The first-order valence-electron chi connectivity index (χ1n) is 8.09. The van der Waals surface area contributed by atoms with Crippen LogP contribution in [0.2, 0.25) is 0 Å². The summed E-state index contributed by atoms with van der Waals surface area (Å²) in [6.07, 6.45) is 3.50. The average molecular weight is 359 g/mol. The van der Waals surface area contributed by atoms with Crippen molar-refractivity contribution in [3.63, 3.8) is 0 Å². The number of nitrogens with one attached hydrogen (secondary N) is 3. The van der Waals surface area contributed by atoms with Crippen LogP contribution < -0.4 is 15.4 Å². The van der Waals surface area contributed by atoms with Crippen molar-refractivity contribution in [1.29, 1.82) is 0 Å². The smallest absolute Gasteiger partial charge is 0.213 e. The van der Waals surface area contributed by atoms with Crippen molar-refractivity contribution >= 4 is 27.3 Å². The minimum atomic E-state index is -3.22. The Morgan fingerprint density at radius 1 is 1.39 bits per heavy atom. The fourth-order valence-electron chi connectivity index (χ4n) is 2.21. The molecule has 23 heavy (non-hydrogen) atoms. The lowest BCUT2D eigenvalue weighted by Gasteiger charge is -2.25. The molecule has 0 radical (unpaired) electrons. The predicted octanol–water partition coefficient (Wildman–Crippen LogP) is 1.52. The van der Waals surface area contributed by atoms with Gasteiger partial charge < -0.3 is 10.6 Å². The Hall–Kier alpha value is -1.12. The topological polar surface area (TPSA) is 82.6 Å². The largest absolute Gasteiger partial charge is 0.357 e. The van der Waals surface area contributed by atoms with E-state index in [0.717, 1.165) is 24.9 Å². The summed E-state index contributed by atoms with van der Waals surface area (Å²) in [6, 6.07) is 2.03. The number of aliphatic imine (C=N–C) groups is 1. The van der Waals surface area contributed by atoms with Crippen LogP contribution in [0, 0.1) is 5.92 Å². The van der Waals surface area contributed by atoms with Gasteiger partial charge in [-0.15, -0.1) is 0 Å². The number of thiophene rings is 1. The Labute approximate surface area is 142 Å². The molecule has 0 unspecified atom stereocenters. The molecule has 1 aliphatic rings. The maximum Gasteiger partial charge on any atom is 0.213 e. The van der Waals surface area contributed by atoms with E-state index < -0.39 is 10.0 Å². The first-order chi connectivity index (χ1) is 11.1. The van der Waals surface area contributed by atoms with Gasteiger partial charge in [-0.3, -0.25) is 0 Å². The van der Waals surface area contributed by atoms with Gasteiger partial charge in [-0.1, -0.05) is 6.42 Å². The molecule has 1 saturated carbocycles. The molecule has 1 aliphatic carbocycles. The molecule has 0 bridgehead atoms. The van der Waals surface area contributed by atoms with Gasteiger partial charge in [0.1, 0.15) is 0 Å². The van der Waals surface area contributed by atoms with Gasteiger partial charge in [0.15, 0.2) is 5.96 Å². The third kappa shape index (κ3) is 6.88. The van der Waals surface area contributed by atoms with Crippen molar-refractivity contribution in [2.75, 3.05) is 25.4 Å². The van der Waals surface area contributed by atoms with Crippen LogP contribution in [0.15, 0.2) is 21.8 Å². The number of hydrogen-bond acceptors (Lipinski definition) is 4. The molecule has 0 amide bonds. The fraction of sp³-hybridized carbons (Fsp3) is 0.667. The normalized spacial score (nSPS) is 16.1. The van der Waals surface area contributed by atoms with Crippen LogP contribution in [0.4, 0.5) is 0 Å². The Balaban J connectivity index is 1.72. The zero-order chi connectivity index (χ0) is 16.5. The van der Waals surface area contributed by atoms with E-state index in [0.29, 0.717) is 31.5 Å². The second kappa shape index (κ2) is 9.24. The molecule has 0 aromatic carbocycles. The maximum absolute atomic E-state index is 11.9. The highest BCUT2D eigenvalue weighted by Crippen LogP contribution is 2.25. The van der Waals surface area contributed by atoms with E-state index in [1.165, 1.54) is 6.42 Å². The Morgan fingerprint density at radius 3 is 2.83 bits per heavy atom. The van der Waals surface area contributed by atoms with E-state index in [1.54, 1.807) is 11.3 Å². The third-order valence-corrected chi connectivity index (χ3v) is 5.90. The molecule has 0 atom stereocenters. The summed E-state index contributed by atoms with van der Waals surface area (Å²) in [5, 5.41) is 10.3. The summed E-state index contributed by atoms with van der Waals surface area (Å²) in [5.41, 5.74) is 1.15. The first kappa shape index (κ1) is 18.2. The lowest BCUT2D eigenvalue weighted by atomic mass is 9.86. The molecule has 1 fully saturated rings. The summed E-state index contributed by atoms with van der Waals surface area (Å²) < 4.78 is 26.6. The third-order valence-electron chi connectivity index (χ3n) is 3.82. The molecule has 1 aromatic heterocycles. The summed E-state index contributed by atoms with van der Waals surface area (Å²) in [7, 11) is -3.22. The van der Waals surface area contributed by atoms with E-state index in [1.807, 2.05) is 18.4 Å². The molecular formula is C15H26N4O2S2. The lowest BCUT2D eigenvalue weighted by Crippen LogP contribution is -2.42. The van der Waals surface area contributed by atoms with Gasteiger partial charge >= 0.3 is 0 Å². The van der Waals surface area contributed by atoms with E-state index in [-0.39, 0.29) is 5.75 Å². The van der Waals surface area contributed by atoms with Crippen LogP contribution in [0.1, 0.15) is 31.7 Å². The second-order valence-electron chi connectivity index (χ2n) is 5.72. The van der Waals surface area contributed by atoms with Crippen LogP contribution in [0.5, 0.6) is 0 Å². The van der Waals surface area contributed by atoms with Crippen LogP contribution >= 0.6 is 11.3 Å². The van der Waals surface area contributed by atoms with Crippen molar-refractivity contribution in [2.45, 2.75) is 32.7 Å². The number of rotatable bonds is 9. The van der Waals surface area contributed by atoms with Crippen molar-refractivity contribution < 1.29 is 8.42 Å². The monoisotopic (exact) mass is 358 g/mol. The van der Waals surface area contributed by atoms with E-state index >= 15 is 0 Å². The van der Waals surface area contributed by atoms with Gasteiger partial charge in [0, 0.05) is 19.6 Å². The summed E-state index contributed by atoms with van der Waals surface area (Å²) in [4.78, 5) is 4.46. The molecule has 0 saturated heterocycles. The zero-order valence-electron chi connectivity index (χ0n) is 13.5. The Morgan fingerprint density at radius 2 is 2.22 bits per heavy atom. The Bertz CT molecular complexity index is 581. The van der Waals surface area contributed by atoms with Gasteiger partial charge in [-0.2, -0.15) is 11.3 Å². The van der Waals surface area contributed by atoms with Gasteiger partial charge in [0.2, 0.25) is 10.0 Å². The molecule has 3 N–H and O–H groups in total. The standard InChI is InChI=1S/C15H26N4O2S2/c1-2-16-15(18-10-14-6-8-22-12-14)17-7-9-23(20,21)19-11-13-4-3-5-13/h6,8,12-13,19H,2-5,7,9-11H2,1H3,(H2,16,17,18). The molecule has 0 aliphatic heterocycles. The summed E-state index contributed by atoms with van der Waals surface area (Å²) >= 11 is 1.64. The molecule has 0 spiro atoms. The van der Waals surface area contributed by atoms with Crippen LogP contribution in [-0.4, -0.2) is 39.8 Å². The molecule has 1 aromatic rings. The van der Waals surface area contributed by atoms with Crippen molar-refractivity contribution in [1.82, 2.24) is 15.4 Å². The van der Waals surface area contributed by atoms with Gasteiger partial charge in [0.05, 0.1) is 12.3 Å². The quantitative estimate of drug-likeness (QED) is 0.462. The minimum absolute atomic E-state index is 0.0581. The fourth-order valence-corrected chi connectivity index (χ4v) is 3.88. The van der Waals surface area contributed by atoms with Crippen LogP contribution in [0.25, 0.3) is 0 Å². The van der Waals surface area contributed by atoms with E-state index in [4.69, 9.17) is 0 Å². The van der Waals surface area contributed by atoms with E-state index in [2.05, 4.69) is 25.7 Å². The maximum atomic E-state index is 11.9. The molecule has 6 nitrogen and oxygen atoms in total. The van der Waals surface area contributed by atoms with Crippen LogP contribution in [0.3, 0.4) is 0 Å². The van der Waals surface area contributed by atoms with Crippen LogP contribution in [-0.2, 0) is 16.6 Å². The Kier molecular flexibility index (Phi) is 7.32. The van der Waals surface area contributed by atoms with E-state index in [9.17, 15) is 8.42 Å². The highest BCUT2D eigenvalue weighted by Gasteiger charge is 2.19. The van der Waals surface area contributed by atoms with Gasteiger partial charge in [-0.25, -0.2) is 18.1 Å². The molecule has 130 valence electrons. The molecule has 8 heteroatoms. The van der Waals surface area contributed by atoms with Gasteiger partial charge in [0.25, 0.3) is 0 Å². The number of guanidine groups is 1. The van der Waals surface area contributed by atoms with Gasteiger partial charge in [-0.05, 0) is 48.1 Å². The number of hydrogen-bond donors (Lipinski definition) is 3. The second-order valence-corrected chi connectivity index (χ2v) is 8.42. The summed E-state index contributed by atoms with van der Waals surface area (Å²) in [5.74, 6) is 1.23. The number of sulfonamides is 1. The highest BCUT2D eigenvalue weighted by molar-refractivity contribution is 7.89. The highest BCUT2D eigenvalue weighted by atomic mass is 32.2. The molecular weight excluding hydrogens is 332 g/mol.